The molecule has 35 heavy (non-hydrogen) atoms. The van der Waals surface area contributed by atoms with Crippen LogP contribution in [-0.2, 0) is 4.79 Å². The van der Waals surface area contributed by atoms with Crippen molar-refractivity contribution in [1.82, 2.24) is 0 Å². The van der Waals surface area contributed by atoms with Gasteiger partial charge in [0.2, 0.25) is 0 Å². The van der Waals surface area contributed by atoms with Gasteiger partial charge in [0, 0.05) is 5.56 Å². The molecule has 0 spiro atoms. The summed E-state index contributed by atoms with van der Waals surface area (Å²) >= 11 is 0. The smallest absolute Gasteiger partial charge is 0.337 e. The molecule has 0 amide bonds. The maximum absolute atomic E-state index is 10.2. The molecule has 5 atom stereocenters. The van der Waals surface area contributed by atoms with Gasteiger partial charge in [0.25, 0.3) is 0 Å². The lowest BCUT2D eigenvalue weighted by molar-refractivity contribution is -0.448. The van der Waals surface area contributed by atoms with Gasteiger partial charge in [-0.15, -0.1) is 0 Å². The molecule has 0 radical (unpaired) electrons. The number of aliphatic hydroxyl groups is 3. The summed E-state index contributed by atoms with van der Waals surface area (Å²) in [5.74, 6) is 0.411. The zero-order valence-electron chi connectivity index (χ0n) is 19.1. The van der Waals surface area contributed by atoms with Crippen LogP contribution in [-0.4, -0.2) is 51.8 Å². The van der Waals surface area contributed by atoms with Crippen LogP contribution in [0, 0.1) is 0 Å². The summed E-state index contributed by atoms with van der Waals surface area (Å²) in [6.07, 6.45) is -2.46. The van der Waals surface area contributed by atoms with Crippen LogP contribution in [0.3, 0.4) is 0 Å². The zero-order chi connectivity index (χ0) is 25.4. The number of quaternary nitrogens is 1. The van der Waals surface area contributed by atoms with E-state index >= 15 is 0 Å². The number of carboxylic acids is 1. The summed E-state index contributed by atoms with van der Waals surface area (Å²) in [5, 5.41) is 36.2. The summed E-state index contributed by atoms with van der Waals surface area (Å²) in [6, 6.07) is 23.1. The number of aliphatic carboxylic acids is 1. The molecule has 9 heteroatoms. The highest BCUT2D eigenvalue weighted by Gasteiger charge is 2.28. The average molecular weight is 484 g/mol. The van der Waals surface area contributed by atoms with E-state index in [9.17, 15) is 15.0 Å². The first-order valence-corrected chi connectivity index (χ1v) is 11.1. The van der Waals surface area contributed by atoms with Crippen molar-refractivity contribution in [2.24, 2.45) is 5.73 Å². The molecule has 186 valence electrons. The second kappa shape index (κ2) is 12.3. The zero-order valence-corrected chi connectivity index (χ0v) is 19.1. The molecule has 0 saturated heterocycles. The predicted molar refractivity (Wildman–Crippen MR) is 127 cm³/mol. The average Bonchev–Trinajstić information content (AvgIpc) is 2.89. The van der Waals surface area contributed by atoms with Gasteiger partial charge in [-0.1, -0.05) is 60.7 Å². The predicted octanol–water partition coefficient (Wildman–Crippen LogP) is 0.967. The number of benzene rings is 3. The second-order valence-corrected chi connectivity index (χ2v) is 8.12. The fraction of sp³-hybridized carbons (Fsp3) is 0.269. The van der Waals surface area contributed by atoms with Crippen LogP contribution in [0.5, 0.6) is 11.5 Å². The molecule has 0 fully saturated rings. The Balaban J connectivity index is 0.000000147. The van der Waals surface area contributed by atoms with E-state index in [0.29, 0.717) is 12.2 Å². The van der Waals surface area contributed by atoms with Crippen LogP contribution in [0.1, 0.15) is 34.9 Å². The summed E-state index contributed by atoms with van der Waals surface area (Å²) < 4.78 is 10.6. The van der Waals surface area contributed by atoms with Crippen LogP contribution in [0.25, 0.3) is 0 Å². The molecule has 2 aliphatic heterocycles. The van der Waals surface area contributed by atoms with Crippen LogP contribution in [0.2, 0.25) is 0 Å². The van der Waals surface area contributed by atoms with Crippen molar-refractivity contribution in [1.29, 1.82) is 0 Å². The Morgan fingerprint density at radius 1 is 0.829 bits per heavy atom. The van der Waals surface area contributed by atoms with E-state index < -0.39 is 24.3 Å². The Labute approximate surface area is 203 Å². The van der Waals surface area contributed by atoms with Crippen molar-refractivity contribution in [2.45, 2.75) is 30.4 Å². The van der Waals surface area contributed by atoms with E-state index in [4.69, 9.17) is 25.4 Å². The molecule has 3 aromatic rings. The SMILES string of the molecule is N[C@H]1c2ccccc2OC[C@H]1O.O=C(O)C(O)c1ccccc1.[NH3+][C@H]1c2ccccc2OC[C@H]1O. The fourth-order valence-electron chi connectivity index (χ4n) is 3.57. The molecule has 0 aromatic heterocycles. The highest BCUT2D eigenvalue weighted by Crippen LogP contribution is 2.30. The first kappa shape index (κ1) is 26.1. The lowest BCUT2D eigenvalue weighted by Crippen LogP contribution is -2.61. The number of hydrogen-bond donors (Lipinski definition) is 6. The number of hydrogen-bond acceptors (Lipinski definition) is 7. The topological polar surface area (TPSA) is 170 Å². The Morgan fingerprint density at radius 2 is 1.31 bits per heavy atom. The largest absolute Gasteiger partial charge is 0.490 e. The molecule has 0 aliphatic carbocycles. The van der Waals surface area contributed by atoms with Crippen molar-refractivity contribution in [3.63, 3.8) is 0 Å². The molecular formula is C26H31N2O7+. The van der Waals surface area contributed by atoms with Gasteiger partial charge in [0.1, 0.15) is 43.0 Å². The highest BCUT2D eigenvalue weighted by atomic mass is 16.5. The third-order valence-corrected chi connectivity index (χ3v) is 5.64. The Morgan fingerprint density at radius 3 is 1.91 bits per heavy atom. The molecule has 1 unspecified atom stereocenters. The first-order valence-electron chi connectivity index (χ1n) is 11.1. The van der Waals surface area contributed by atoms with E-state index in [0.717, 1.165) is 22.6 Å². The maximum atomic E-state index is 10.2. The van der Waals surface area contributed by atoms with Gasteiger partial charge < -0.3 is 41.4 Å². The molecule has 0 bridgehead atoms. The number of fused-ring (bicyclic) bond motifs is 2. The summed E-state index contributed by atoms with van der Waals surface area (Å²) in [4.78, 5) is 10.2. The quantitative estimate of drug-likeness (QED) is 0.313. The minimum atomic E-state index is -1.41. The van der Waals surface area contributed by atoms with Gasteiger partial charge in [0.05, 0.1) is 11.6 Å². The number of aliphatic hydroxyl groups excluding tert-OH is 3. The van der Waals surface area contributed by atoms with Crippen LogP contribution in [0.15, 0.2) is 78.9 Å². The van der Waals surface area contributed by atoms with Crippen molar-refractivity contribution in [3.8, 4) is 11.5 Å². The van der Waals surface area contributed by atoms with E-state index in [2.05, 4.69) is 5.73 Å². The molecule has 2 aliphatic rings. The summed E-state index contributed by atoms with van der Waals surface area (Å²) in [5.41, 5.74) is 11.9. The fourth-order valence-corrected chi connectivity index (χ4v) is 3.57. The molecule has 2 heterocycles. The number of rotatable bonds is 2. The van der Waals surface area contributed by atoms with Crippen molar-refractivity contribution < 1.29 is 40.4 Å². The van der Waals surface area contributed by atoms with Gasteiger partial charge in [-0.25, -0.2) is 4.79 Å². The number of nitrogens with two attached hydrogens (primary N) is 1. The number of carboxylic acid groups (broad SMARTS) is 1. The standard InChI is InChI=1S/2C9H11NO2.C8H8O3/c2*10-9-6-3-1-2-4-8(6)12-5-7(9)11;9-7(8(10)11)6-4-2-1-3-5-6/h2*1-4,7,9,11H,5,10H2;1-5,7,9H,(H,10,11)/p+1/t2*7-,9+;/m11./s1. The second-order valence-electron chi connectivity index (χ2n) is 8.12. The Hall–Kier alpha value is -3.47. The van der Waals surface area contributed by atoms with Crippen LogP contribution in [0.4, 0.5) is 0 Å². The van der Waals surface area contributed by atoms with E-state index in [1.165, 1.54) is 0 Å². The van der Waals surface area contributed by atoms with Crippen molar-refractivity contribution in [3.05, 3.63) is 95.6 Å². The van der Waals surface area contributed by atoms with Crippen LogP contribution >= 0.6 is 0 Å². The highest BCUT2D eigenvalue weighted by molar-refractivity contribution is 5.73. The lowest BCUT2D eigenvalue weighted by atomic mass is 9.99. The van der Waals surface area contributed by atoms with E-state index in [1.54, 1.807) is 30.3 Å². The Bertz CT molecular complexity index is 1040. The molecular weight excluding hydrogens is 452 g/mol. The van der Waals surface area contributed by atoms with Gasteiger partial charge in [-0.3, -0.25) is 0 Å². The van der Waals surface area contributed by atoms with E-state index in [-0.39, 0.29) is 18.7 Å². The summed E-state index contributed by atoms with van der Waals surface area (Å²) in [7, 11) is 0. The first-order chi connectivity index (χ1) is 16.8. The van der Waals surface area contributed by atoms with Gasteiger partial charge >= 0.3 is 5.97 Å². The number of para-hydroxylation sites is 2. The summed E-state index contributed by atoms with van der Waals surface area (Å²) in [6.45, 7) is 0.642. The third-order valence-electron chi connectivity index (χ3n) is 5.64. The molecule has 3 aromatic carbocycles. The van der Waals surface area contributed by atoms with Crippen molar-refractivity contribution in [2.75, 3.05) is 13.2 Å². The minimum Gasteiger partial charge on any atom is -0.490 e. The normalized spacial score (nSPS) is 22.8. The number of ether oxygens (including phenoxy) is 2. The van der Waals surface area contributed by atoms with Gasteiger partial charge in [-0.2, -0.15) is 0 Å². The van der Waals surface area contributed by atoms with E-state index in [1.807, 2.05) is 48.5 Å². The molecule has 5 rings (SSSR count). The van der Waals surface area contributed by atoms with Crippen molar-refractivity contribution >= 4 is 5.97 Å². The van der Waals surface area contributed by atoms with Crippen LogP contribution < -0.4 is 20.9 Å². The monoisotopic (exact) mass is 483 g/mol. The molecule has 9 nitrogen and oxygen atoms in total. The van der Waals surface area contributed by atoms with Gasteiger partial charge in [-0.05, 0) is 23.8 Å². The maximum Gasteiger partial charge on any atom is 0.337 e. The molecule has 9 N–H and O–H groups in total. The lowest BCUT2D eigenvalue weighted by Gasteiger charge is -2.27. The number of carbonyl (C=O) groups is 1. The third kappa shape index (κ3) is 6.78. The van der Waals surface area contributed by atoms with Gasteiger partial charge in [0.15, 0.2) is 6.10 Å². The minimum absolute atomic E-state index is 0.0602. The Kier molecular flexibility index (Phi) is 9.18. The molecule has 0 saturated carbocycles.